The summed E-state index contributed by atoms with van der Waals surface area (Å²) in [7, 11) is 1.53. The summed E-state index contributed by atoms with van der Waals surface area (Å²) in [6.07, 6.45) is 0. The van der Waals surface area contributed by atoms with Crippen LogP contribution in [0.3, 0.4) is 0 Å². The first kappa shape index (κ1) is 20.4. The maximum Gasteiger partial charge on any atom is 0.271 e. The van der Waals surface area contributed by atoms with Crippen LogP contribution in [0, 0.1) is 11.8 Å². The number of hydrogen-bond acceptors (Lipinski definition) is 6. The van der Waals surface area contributed by atoms with E-state index in [0.717, 1.165) is 5.56 Å². The minimum Gasteiger partial charge on any atom is -0.491 e. The van der Waals surface area contributed by atoms with Gasteiger partial charge < -0.3 is 25.2 Å². The number of aliphatic hydroxyl groups is 1. The van der Waals surface area contributed by atoms with Crippen molar-refractivity contribution in [3.63, 3.8) is 0 Å². The van der Waals surface area contributed by atoms with Gasteiger partial charge in [0.15, 0.2) is 5.69 Å². The maximum atomic E-state index is 13.0. The third-order valence-electron chi connectivity index (χ3n) is 5.75. The van der Waals surface area contributed by atoms with E-state index in [1.54, 1.807) is 10.7 Å². The molecular weight excluding hydrogens is 388 g/mol. The van der Waals surface area contributed by atoms with Crippen molar-refractivity contribution in [1.29, 1.82) is 0 Å². The molecule has 0 bridgehead atoms. The number of nitrogens with zero attached hydrogens (tertiary/aromatic N) is 2. The molecule has 30 heavy (non-hydrogen) atoms. The molecule has 1 saturated heterocycles. The number of carbonyl (C=O) groups is 2. The first-order chi connectivity index (χ1) is 14.5. The largest absolute Gasteiger partial charge is 0.491 e. The number of nitrogens with one attached hydrogen (secondary N) is 2. The van der Waals surface area contributed by atoms with Crippen LogP contribution in [-0.2, 0) is 4.74 Å². The van der Waals surface area contributed by atoms with Gasteiger partial charge in [-0.15, -0.1) is 0 Å². The number of carbonyl (C=O) groups excluding carboxylic acids is 2. The zero-order valence-electron chi connectivity index (χ0n) is 17.0. The third kappa shape index (κ3) is 3.90. The summed E-state index contributed by atoms with van der Waals surface area (Å²) in [5, 5.41) is 19.0. The van der Waals surface area contributed by atoms with Crippen molar-refractivity contribution in [3.8, 4) is 5.75 Å². The summed E-state index contributed by atoms with van der Waals surface area (Å²) in [5.41, 5.74) is 1.37. The molecule has 9 nitrogen and oxygen atoms in total. The number of fused-ring (bicyclic) bond motifs is 1. The van der Waals surface area contributed by atoms with E-state index in [1.807, 2.05) is 25.1 Å². The highest BCUT2D eigenvalue weighted by molar-refractivity contribution is 5.98. The van der Waals surface area contributed by atoms with Gasteiger partial charge in [0.25, 0.3) is 11.8 Å². The molecule has 1 saturated carbocycles. The summed E-state index contributed by atoms with van der Waals surface area (Å²) >= 11 is 0. The first-order valence-electron chi connectivity index (χ1n) is 10.1. The van der Waals surface area contributed by atoms with E-state index in [-0.39, 0.29) is 42.8 Å². The topological polar surface area (TPSA) is 115 Å². The van der Waals surface area contributed by atoms with Crippen molar-refractivity contribution in [3.05, 3.63) is 47.3 Å². The van der Waals surface area contributed by atoms with Gasteiger partial charge in [-0.2, -0.15) is 5.10 Å². The van der Waals surface area contributed by atoms with Crippen LogP contribution < -0.4 is 15.4 Å². The SMILES string of the molecule is CNC(=O)c1cc(C(=O)N[C@H]2[C@@H]3COC[C@@H]32)n(C(C)c2cccc(OCCO)c2)n1. The van der Waals surface area contributed by atoms with Gasteiger partial charge in [-0.3, -0.25) is 14.3 Å². The van der Waals surface area contributed by atoms with Crippen LogP contribution in [-0.4, -0.2) is 66.2 Å². The lowest BCUT2D eigenvalue weighted by atomic mass is 10.1. The second-order valence-corrected chi connectivity index (χ2v) is 7.62. The van der Waals surface area contributed by atoms with Gasteiger partial charge in [-0.05, 0) is 24.6 Å². The van der Waals surface area contributed by atoms with Crippen LogP contribution in [0.15, 0.2) is 30.3 Å². The molecule has 0 radical (unpaired) electrons. The lowest BCUT2D eigenvalue weighted by Gasteiger charge is -2.17. The van der Waals surface area contributed by atoms with Crippen molar-refractivity contribution in [2.75, 3.05) is 33.5 Å². The highest BCUT2D eigenvalue weighted by atomic mass is 16.5. The fourth-order valence-corrected chi connectivity index (χ4v) is 3.95. The number of rotatable bonds is 8. The van der Waals surface area contributed by atoms with Crippen molar-refractivity contribution in [1.82, 2.24) is 20.4 Å². The number of hydrogen-bond donors (Lipinski definition) is 3. The average molecular weight is 414 g/mol. The van der Waals surface area contributed by atoms with E-state index in [2.05, 4.69) is 15.7 Å². The minimum atomic E-state index is -0.355. The number of benzene rings is 1. The lowest BCUT2D eigenvalue weighted by Crippen LogP contribution is -2.32. The summed E-state index contributed by atoms with van der Waals surface area (Å²) in [5.74, 6) is 0.759. The van der Waals surface area contributed by atoms with Gasteiger partial charge in [0.2, 0.25) is 0 Å². The second kappa shape index (κ2) is 8.45. The van der Waals surface area contributed by atoms with Crippen LogP contribution >= 0.6 is 0 Å². The zero-order chi connectivity index (χ0) is 21.3. The van der Waals surface area contributed by atoms with Crippen LogP contribution in [0.25, 0.3) is 0 Å². The Balaban J connectivity index is 1.60. The lowest BCUT2D eigenvalue weighted by molar-refractivity contribution is 0.0915. The van der Waals surface area contributed by atoms with Crippen LogP contribution in [0.1, 0.15) is 39.5 Å². The Hall–Kier alpha value is -2.91. The fraction of sp³-hybridized carbons (Fsp3) is 0.476. The molecule has 2 amide bonds. The van der Waals surface area contributed by atoms with Gasteiger partial charge in [0, 0.05) is 31.0 Å². The molecule has 2 aromatic rings. The third-order valence-corrected chi connectivity index (χ3v) is 5.75. The Labute approximate surface area is 174 Å². The normalized spacial score (nSPS) is 22.8. The molecule has 4 atom stereocenters. The molecule has 1 aromatic heterocycles. The molecule has 2 aliphatic rings. The maximum absolute atomic E-state index is 13.0. The smallest absolute Gasteiger partial charge is 0.271 e. The molecule has 2 heterocycles. The highest BCUT2D eigenvalue weighted by Crippen LogP contribution is 2.44. The van der Waals surface area contributed by atoms with Crippen LogP contribution in [0.4, 0.5) is 0 Å². The standard InChI is InChI=1S/C21H26N4O5/c1-12(13-4-3-5-14(8-13)30-7-6-26)25-18(9-17(24-25)20(27)22-2)21(28)23-19-15-10-29-11-16(15)19/h3-5,8-9,12,15-16,19,26H,6-7,10-11H2,1-2H3,(H,22,27)(H,23,28)/t12?,15-,16+,19+. The molecule has 1 aliphatic heterocycles. The number of amides is 2. The molecule has 2 fully saturated rings. The molecule has 3 N–H and O–H groups in total. The van der Waals surface area contributed by atoms with E-state index < -0.39 is 0 Å². The highest BCUT2D eigenvalue weighted by Gasteiger charge is 2.55. The fourth-order valence-electron chi connectivity index (χ4n) is 3.95. The van der Waals surface area contributed by atoms with Crippen molar-refractivity contribution < 1.29 is 24.2 Å². The number of aliphatic hydroxyl groups excluding tert-OH is 1. The zero-order valence-corrected chi connectivity index (χ0v) is 17.0. The van der Waals surface area contributed by atoms with Crippen molar-refractivity contribution >= 4 is 11.8 Å². The van der Waals surface area contributed by atoms with Crippen LogP contribution in [0.5, 0.6) is 5.75 Å². The second-order valence-electron chi connectivity index (χ2n) is 7.62. The van der Waals surface area contributed by atoms with E-state index in [1.165, 1.54) is 13.1 Å². The van der Waals surface area contributed by atoms with Gasteiger partial charge >= 0.3 is 0 Å². The Kier molecular flexibility index (Phi) is 5.74. The van der Waals surface area contributed by atoms with E-state index in [4.69, 9.17) is 14.6 Å². The molecular formula is C21H26N4O5. The quantitative estimate of drug-likeness (QED) is 0.583. The van der Waals surface area contributed by atoms with E-state index >= 15 is 0 Å². The van der Waals surface area contributed by atoms with Crippen molar-refractivity contribution in [2.24, 2.45) is 11.8 Å². The predicted molar refractivity (Wildman–Crippen MR) is 108 cm³/mol. The van der Waals surface area contributed by atoms with Gasteiger partial charge in [-0.25, -0.2) is 0 Å². The van der Waals surface area contributed by atoms with E-state index in [9.17, 15) is 9.59 Å². The first-order valence-corrected chi connectivity index (χ1v) is 10.1. The minimum absolute atomic E-state index is 0.0764. The van der Waals surface area contributed by atoms with Gasteiger partial charge in [0.05, 0.1) is 25.9 Å². The number of ether oxygens (including phenoxy) is 2. The molecule has 1 unspecified atom stereocenters. The molecule has 1 aliphatic carbocycles. The molecule has 0 spiro atoms. The van der Waals surface area contributed by atoms with E-state index in [0.29, 0.717) is 36.5 Å². The summed E-state index contributed by atoms with van der Waals surface area (Å²) in [6.45, 7) is 3.38. The molecule has 160 valence electrons. The van der Waals surface area contributed by atoms with Gasteiger partial charge in [0.1, 0.15) is 18.1 Å². The predicted octanol–water partition coefficient (Wildman–Crippen LogP) is 0.598. The monoisotopic (exact) mass is 414 g/mol. The molecule has 1 aromatic carbocycles. The molecule has 9 heteroatoms. The summed E-state index contributed by atoms with van der Waals surface area (Å²) in [6, 6.07) is 8.70. The Morgan fingerprint density at radius 1 is 1.30 bits per heavy atom. The Morgan fingerprint density at radius 3 is 2.77 bits per heavy atom. The van der Waals surface area contributed by atoms with Crippen molar-refractivity contribution in [2.45, 2.75) is 19.0 Å². The van der Waals surface area contributed by atoms with Crippen LogP contribution in [0.2, 0.25) is 0 Å². The van der Waals surface area contributed by atoms with Gasteiger partial charge in [-0.1, -0.05) is 12.1 Å². The Bertz CT molecular complexity index is 933. The molecule has 4 rings (SSSR count). The summed E-state index contributed by atoms with van der Waals surface area (Å²) < 4.78 is 12.4. The number of aromatic nitrogens is 2. The Morgan fingerprint density at radius 2 is 2.07 bits per heavy atom. The summed E-state index contributed by atoms with van der Waals surface area (Å²) in [4.78, 5) is 25.2. The average Bonchev–Trinajstić information content (AvgIpc) is 3.14.